The standard InChI is InChI=1S/C28H27F3N2O5/c29-28(30,31)13-1-2-14-37-23-11-6-19(7-12-23)27(36)38-24-9-3-18(4-10-24)15-21(26(34)35)16-20-5-8-22(32)17-25(20)33/h3-12,15,17H,1-2,13-14,16,32-33H2,(H,34,35)/b21-15+. The molecule has 0 fully saturated rings. The molecule has 3 rings (SSSR count). The maximum atomic E-state index is 12.4. The molecule has 0 amide bonds. The van der Waals surface area contributed by atoms with Crippen LogP contribution in [-0.2, 0) is 11.2 Å². The van der Waals surface area contributed by atoms with Crippen LogP contribution in [0.4, 0.5) is 24.5 Å². The van der Waals surface area contributed by atoms with E-state index in [4.69, 9.17) is 20.9 Å². The normalized spacial score (nSPS) is 11.7. The Bertz CT molecular complexity index is 1290. The number of alkyl halides is 3. The van der Waals surface area contributed by atoms with Crippen LogP contribution in [0.1, 0.15) is 40.7 Å². The highest BCUT2D eigenvalue weighted by Crippen LogP contribution is 2.24. The number of carbonyl (C=O) groups is 2. The first-order valence-corrected chi connectivity index (χ1v) is 11.7. The van der Waals surface area contributed by atoms with Crippen LogP contribution < -0.4 is 20.9 Å². The van der Waals surface area contributed by atoms with Gasteiger partial charge in [-0.3, -0.25) is 0 Å². The minimum Gasteiger partial charge on any atom is -0.494 e. The second-order valence-electron chi connectivity index (χ2n) is 8.51. The van der Waals surface area contributed by atoms with Crippen molar-refractivity contribution in [1.29, 1.82) is 0 Å². The third-order valence-corrected chi connectivity index (χ3v) is 5.47. The van der Waals surface area contributed by atoms with E-state index in [0.717, 1.165) is 0 Å². The molecule has 0 aliphatic carbocycles. The van der Waals surface area contributed by atoms with Crippen molar-refractivity contribution in [2.45, 2.75) is 31.9 Å². The number of benzene rings is 3. The number of aliphatic carboxylic acids is 1. The summed E-state index contributed by atoms with van der Waals surface area (Å²) in [5.74, 6) is -1.02. The molecule has 3 aromatic rings. The van der Waals surface area contributed by atoms with Crippen LogP contribution in [0.25, 0.3) is 6.08 Å². The van der Waals surface area contributed by atoms with Crippen molar-refractivity contribution in [2.75, 3.05) is 18.1 Å². The molecule has 0 saturated heterocycles. The molecule has 0 aliphatic rings. The molecule has 0 heterocycles. The predicted octanol–water partition coefficient (Wildman–Crippen LogP) is 5.89. The fourth-order valence-electron chi connectivity index (χ4n) is 3.47. The molecular formula is C28H27F3N2O5. The zero-order valence-electron chi connectivity index (χ0n) is 20.3. The summed E-state index contributed by atoms with van der Waals surface area (Å²) >= 11 is 0. The van der Waals surface area contributed by atoms with E-state index in [1.54, 1.807) is 42.5 Å². The number of carboxylic acids is 1. The maximum absolute atomic E-state index is 12.4. The smallest absolute Gasteiger partial charge is 0.389 e. The van der Waals surface area contributed by atoms with E-state index in [-0.39, 0.29) is 42.8 Å². The third-order valence-electron chi connectivity index (χ3n) is 5.47. The molecule has 0 radical (unpaired) electrons. The van der Waals surface area contributed by atoms with Crippen molar-refractivity contribution in [2.24, 2.45) is 0 Å². The van der Waals surface area contributed by atoms with E-state index in [0.29, 0.717) is 28.3 Å². The van der Waals surface area contributed by atoms with Crippen LogP contribution in [0.3, 0.4) is 0 Å². The van der Waals surface area contributed by atoms with E-state index in [9.17, 15) is 27.9 Å². The largest absolute Gasteiger partial charge is 0.494 e. The maximum Gasteiger partial charge on any atom is 0.389 e. The summed E-state index contributed by atoms with van der Waals surface area (Å²) in [6, 6.07) is 17.3. The van der Waals surface area contributed by atoms with Crippen LogP contribution >= 0.6 is 0 Å². The van der Waals surface area contributed by atoms with Gasteiger partial charge >= 0.3 is 18.1 Å². The van der Waals surface area contributed by atoms with E-state index in [1.165, 1.54) is 30.3 Å². The topological polar surface area (TPSA) is 125 Å². The molecule has 10 heteroatoms. The molecule has 200 valence electrons. The molecular weight excluding hydrogens is 501 g/mol. The van der Waals surface area contributed by atoms with Gasteiger partial charge in [-0.15, -0.1) is 0 Å². The average molecular weight is 529 g/mol. The van der Waals surface area contributed by atoms with Crippen molar-refractivity contribution in [3.05, 3.63) is 89.0 Å². The van der Waals surface area contributed by atoms with Crippen molar-refractivity contribution in [3.63, 3.8) is 0 Å². The fraction of sp³-hybridized carbons (Fsp3) is 0.214. The number of hydrogen-bond donors (Lipinski definition) is 3. The second kappa shape index (κ2) is 12.7. The van der Waals surface area contributed by atoms with Gasteiger partial charge in [-0.2, -0.15) is 13.2 Å². The Kier molecular flexibility index (Phi) is 9.37. The van der Waals surface area contributed by atoms with Crippen molar-refractivity contribution in [1.82, 2.24) is 0 Å². The molecule has 0 saturated carbocycles. The molecule has 0 aromatic heterocycles. The lowest BCUT2D eigenvalue weighted by Crippen LogP contribution is -2.09. The molecule has 0 atom stereocenters. The van der Waals surface area contributed by atoms with Crippen molar-refractivity contribution in [3.8, 4) is 11.5 Å². The summed E-state index contributed by atoms with van der Waals surface area (Å²) in [4.78, 5) is 24.2. The molecule has 38 heavy (non-hydrogen) atoms. The van der Waals surface area contributed by atoms with Crippen molar-refractivity contribution >= 4 is 29.4 Å². The van der Waals surface area contributed by atoms with Crippen molar-refractivity contribution < 1.29 is 37.3 Å². The first-order valence-electron chi connectivity index (χ1n) is 11.7. The quantitative estimate of drug-likeness (QED) is 0.0931. The Labute approximate surface area is 217 Å². The summed E-state index contributed by atoms with van der Waals surface area (Å²) in [6.07, 6.45) is -3.17. The lowest BCUT2D eigenvalue weighted by Gasteiger charge is -2.09. The predicted molar refractivity (Wildman–Crippen MR) is 138 cm³/mol. The Hall–Kier alpha value is -4.47. The van der Waals surface area contributed by atoms with E-state index in [1.807, 2.05) is 0 Å². The van der Waals surface area contributed by atoms with Gasteiger partial charge in [-0.1, -0.05) is 18.2 Å². The van der Waals surface area contributed by atoms with Gasteiger partial charge in [0.15, 0.2) is 0 Å². The lowest BCUT2D eigenvalue weighted by molar-refractivity contribution is -0.136. The highest BCUT2D eigenvalue weighted by atomic mass is 19.4. The number of hydrogen-bond acceptors (Lipinski definition) is 6. The van der Waals surface area contributed by atoms with Crippen LogP contribution in [0.2, 0.25) is 0 Å². The van der Waals surface area contributed by atoms with Gasteiger partial charge in [0, 0.05) is 29.8 Å². The van der Waals surface area contributed by atoms with Crippen LogP contribution in [0.5, 0.6) is 11.5 Å². The number of unbranched alkanes of at least 4 members (excludes halogenated alkanes) is 1. The van der Waals surface area contributed by atoms with E-state index in [2.05, 4.69) is 0 Å². The van der Waals surface area contributed by atoms with Gasteiger partial charge in [-0.05, 0) is 78.6 Å². The van der Waals surface area contributed by atoms with Gasteiger partial charge in [0.05, 0.1) is 12.2 Å². The first-order chi connectivity index (χ1) is 18.0. The number of rotatable bonds is 11. The highest BCUT2D eigenvalue weighted by Gasteiger charge is 2.25. The summed E-state index contributed by atoms with van der Waals surface area (Å²) < 4.78 is 47.3. The summed E-state index contributed by atoms with van der Waals surface area (Å²) in [7, 11) is 0. The number of esters is 1. The van der Waals surface area contributed by atoms with Gasteiger partial charge in [0.25, 0.3) is 0 Å². The van der Waals surface area contributed by atoms with E-state index < -0.39 is 24.5 Å². The monoisotopic (exact) mass is 528 g/mol. The van der Waals surface area contributed by atoms with Gasteiger partial charge in [0.1, 0.15) is 11.5 Å². The minimum absolute atomic E-state index is 0.0165. The fourth-order valence-corrected chi connectivity index (χ4v) is 3.47. The molecule has 0 unspecified atom stereocenters. The molecule has 7 nitrogen and oxygen atoms in total. The highest BCUT2D eigenvalue weighted by molar-refractivity contribution is 5.93. The van der Waals surface area contributed by atoms with Crippen LogP contribution in [0, 0.1) is 0 Å². The third kappa shape index (κ3) is 8.88. The van der Waals surface area contributed by atoms with Gasteiger partial charge in [-0.25, -0.2) is 9.59 Å². The zero-order valence-corrected chi connectivity index (χ0v) is 20.3. The Morgan fingerprint density at radius 3 is 2.16 bits per heavy atom. The number of halogens is 3. The molecule has 0 bridgehead atoms. The summed E-state index contributed by atoms with van der Waals surface area (Å²) in [5.41, 5.74) is 14.1. The summed E-state index contributed by atoms with van der Waals surface area (Å²) in [6.45, 7) is 0.137. The Morgan fingerprint density at radius 2 is 1.55 bits per heavy atom. The average Bonchev–Trinajstić information content (AvgIpc) is 2.85. The number of nitrogen functional groups attached to an aromatic ring is 2. The second-order valence-corrected chi connectivity index (χ2v) is 8.51. The van der Waals surface area contributed by atoms with Crippen LogP contribution in [0.15, 0.2) is 72.3 Å². The lowest BCUT2D eigenvalue weighted by atomic mass is 10.0. The Balaban J connectivity index is 1.56. The molecule has 3 aromatic carbocycles. The number of carboxylic acid groups (broad SMARTS) is 1. The summed E-state index contributed by atoms with van der Waals surface area (Å²) in [5, 5.41) is 9.61. The molecule has 5 N–H and O–H groups in total. The van der Waals surface area contributed by atoms with E-state index >= 15 is 0 Å². The molecule has 0 spiro atoms. The number of anilines is 2. The SMILES string of the molecule is Nc1ccc(C/C(=C\c2ccc(OC(=O)c3ccc(OCCCCC(F)(F)F)cc3)cc2)C(=O)O)c(N)c1. The number of carbonyl (C=O) groups excluding carboxylic acids is 1. The molecule has 0 aliphatic heterocycles. The number of ether oxygens (including phenoxy) is 2. The van der Waals surface area contributed by atoms with Crippen LogP contribution in [-0.4, -0.2) is 29.8 Å². The number of nitrogens with two attached hydrogens (primary N) is 2. The zero-order chi connectivity index (χ0) is 27.7. The Morgan fingerprint density at radius 1 is 0.895 bits per heavy atom. The minimum atomic E-state index is -4.17. The van der Waals surface area contributed by atoms with Gasteiger partial charge in [0.2, 0.25) is 0 Å². The van der Waals surface area contributed by atoms with Gasteiger partial charge < -0.3 is 26.0 Å². The first kappa shape index (κ1) is 28.1.